The van der Waals surface area contributed by atoms with Crippen molar-refractivity contribution in [2.45, 2.75) is 58.0 Å². The fourth-order valence-electron chi connectivity index (χ4n) is 1.76. The van der Waals surface area contributed by atoms with Crippen molar-refractivity contribution in [1.29, 1.82) is 0 Å². The predicted octanol–water partition coefficient (Wildman–Crippen LogP) is 2.62. The SMILES string of the molecule is CCCC(F)CCCCCC(=O)N(C)CC(=O)O. The second kappa shape index (κ2) is 9.85. The molecule has 4 nitrogen and oxygen atoms in total. The Morgan fingerprint density at radius 1 is 1.22 bits per heavy atom. The van der Waals surface area contributed by atoms with Crippen LogP contribution in [0.15, 0.2) is 0 Å². The number of unbranched alkanes of at least 4 members (excludes halogenated alkanes) is 2. The lowest BCUT2D eigenvalue weighted by Crippen LogP contribution is -2.31. The number of amides is 1. The number of likely N-dealkylation sites (N-methyl/N-ethyl adjacent to an activating group) is 1. The van der Waals surface area contributed by atoms with E-state index >= 15 is 0 Å². The van der Waals surface area contributed by atoms with Crippen LogP contribution in [0.3, 0.4) is 0 Å². The first-order chi connectivity index (χ1) is 8.47. The van der Waals surface area contributed by atoms with Gasteiger partial charge in [-0.05, 0) is 19.3 Å². The average molecular weight is 261 g/mol. The Kier molecular flexibility index (Phi) is 9.24. The van der Waals surface area contributed by atoms with E-state index in [1.807, 2.05) is 6.92 Å². The highest BCUT2D eigenvalue weighted by Gasteiger charge is 2.11. The summed E-state index contributed by atoms with van der Waals surface area (Å²) in [7, 11) is 1.48. The van der Waals surface area contributed by atoms with Crippen LogP contribution in [0.25, 0.3) is 0 Å². The molecule has 1 atom stereocenters. The van der Waals surface area contributed by atoms with Crippen LogP contribution in [0.2, 0.25) is 0 Å². The molecule has 0 bridgehead atoms. The van der Waals surface area contributed by atoms with Crippen LogP contribution in [0.4, 0.5) is 4.39 Å². The van der Waals surface area contributed by atoms with E-state index in [-0.39, 0.29) is 12.5 Å². The Labute approximate surface area is 108 Å². The fourth-order valence-corrected chi connectivity index (χ4v) is 1.76. The number of carboxylic acids is 1. The smallest absolute Gasteiger partial charge is 0.323 e. The molecule has 0 heterocycles. The Hall–Kier alpha value is -1.13. The quantitative estimate of drug-likeness (QED) is 0.615. The maximum atomic E-state index is 13.1. The van der Waals surface area contributed by atoms with Crippen LogP contribution in [0.1, 0.15) is 51.9 Å². The highest BCUT2D eigenvalue weighted by molar-refractivity contribution is 5.80. The zero-order valence-corrected chi connectivity index (χ0v) is 11.3. The van der Waals surface area contributed by atoms with Gasteiger partial charge in [-0.1, -0.05) is 26.2 Å². The monoisotopic (exact) mass is 261 g/mol. The van der Waals surface area contributed by atoms with Gasteiger partial charge in [0, 0.05) is 13.5 Å². The van der Waals surface area contributed by atoms with Crippen LogP contribution < -0.4 is 0 Å². The van der Waals surface area contributed by atoms with E-state index in [1.165, 1.54) is 11.9 Å². The number of carboxylic acid groups (broad SMARTS) is 1. The van der Waals surface area contributed by atoms with Gasteiger partial charge in [-0.15, -0.1) is 0 Å². The van der Waals surface area contributed by atoms with Gasteiger partial charge in [0.1, 0.15) is 12.7 Å². The number of halogens is 1. The minimum absolute atomic E-state index is 0.164. The van der Waals surface area contributed by atoms with E-state index in [0.717, 1.165) is 19.3 Å². The summed E-state index contributed by atoms with van der Waals surface area (Å²) in [5.74, 6) is -1.17. The molecule has 1 N–H and O–H groups in total. The Morgan fingerprint density at radius 3 is 2.44 bits per heavy atom. The molecule has 0 aliphatic carbocycles. The van der Waals surface area contributed by atoms with Gasteiger partial charge in [0.25, 0.3) is 0 Å². The van der Waals surface area contributed by atoms with E-state index in [9.17, 15) is 14.0 Å². The minimum Gasteiger partial charge on any atom is -0.480 e. The van der Waals surface area contributed by atoms with Gasteiger partial charge < -0.3 is 10.0 Å². The summed E-state index contributed by atoms with van der Waals surface area (Å²) in [6.45, 7) is 1.70. The van der Waals surface area contributed by atoms with E-state index in [1.54, 1.807) is 0 Å². The van der Waals surface area contributed by atoms with Crippen molar-refractivity contribution in [3.8, 4) is 0 Å². The molecule has 0 spiro atoms. The molecule has 0 rings (SSSR count). The molecular formula is C13H24FNO3. The highest BCUT2D eigenvalue weighted by Crippen LogP contribution is 2.12. The molecule has 0 aromatic heterocycles. The first-order valence-electron chi connectivity index (χ1n) is 6.57. The molecule has 0 radical (unpaired) electrons. The summed E-state index contributed by atoms with van der Waals surface area (Å²) in [5.41, 5.74) is 0. The second-order valence-corrected chi connectivity index (χ2v) is 4.63. The second-order valence-electron chi connectivity index (χ2n) is 4.63. The van der Waals surface area contributed by atoms with Gasteiger partial charge in [-0.3, -0.25) is 9.59 Å². The van der Waals surface area contributed by atoms with Gasteiger partial charge in [0.2, 0.25) is 5.91 Å². The highest BCUT2D eigenvalue weighted by atomic mass is 19.1. The summed E-state index contributed by atoms with van der Waals surface area (Å²) in [4.78, 5) is 23.1. The summed E-state index contributed by atoms with van der Waals surface area (Å²) in [5, 5.41) is 8.52. The van der Waals surface area contributed by atoms with Crippen molar-refractivity contribution in [1.82, 2.24) is 4.90 Å². The van der Waals surface area contributed by atoms with Crippen LogP contribution in [0.5, 0.6) is 0 Å². The largest absolute Gasteiger partial charge is 0.480 e. The maximum absolute atomic E-state index is 13.1. The number of carbonyl (C=O) groups excluding carboxylic acids is 1. The molecule has 1 unspecified atom stereocenters. The molecule has 5 heteroatoms. The van der Waals surface area contributed by atoms with Gasteiger partial charge in [0.15, 0.2) is 0 Å². The van der Waals surface area contributed by atoms with Crippen molar-refractivity contribution >= 4 is 11.9 Å². The maximum Gasteiger partial charge on any atom is 0.323 e. The molecule has 0 saturated carbocycles. The molecule has 18 heavy (non-hydrogen) atoms. The number of aliphatic carboxylic acids is 1. The van der Waals surface area contributed by atoms with E-state index in [0.29, 0.717) is 25.7 Å². The third-order valence-corrected chi connectivity index (χ3v) is 2.81. The molecule has 0 aromatic carbocycles. The first kappa shape index (κ1) is 16.9. The van der Waals surface area contributed by atoms with Crippen LogP contribution in [0, 0.1) is 0 Å². The fraction of sp³-hybridized carbons (Fsp3) is 0.846. The lowest BCUT2D eigenvalue weighted by Gasteiger charge is -2.14. The van der Waals surface area contributed by atoms with E-state index in [4.69, 9.17) is 5.11 Å². The van der Waals surface area contributed by atoms with Crippen LogP contribution >= 0.6 is 0 Å². The van der Waals surface area contributed by atoms with E-state index in [2.05, 4.69) is 0 Å². The van der Waals surface area contributed by atoms with Crippen molar-refractivity contribution in [2.24, 2.45) is 0 Å². The standard InChI is InChI=1S/C13H24FNO3/c1-3-7-11(14)8-5-4-6-9-12(16)15(2)10-13(17)18/h11H,3-10H2,1-2H3,(H,17,18). The van der Waals surface area contributed by atoms with Gasteiger partial charge in [0.05, 0.1) is 0 Å². The number of hydrogen-bond acceptors (Lipinski definition) is 2. The molecule has 106 valence electrons. The molecule has 1 amide bonds. The third kappa shape index (κ3) is 8.96. The minimum atomic E-state index is -1.01. The zero-order chi connectivity index (χ0) is 14.0. The summed E-state index contributed by atoms with van der Waals surface area (Å²) in [6.07, 6.45) is 3.96. The third-order valence-electron chi connectivity index (χ3n) is 2.81. The Balaban J connectivity index is 3.54. The van der Waals surface area contributed by atoms with Crippen LogP contribution in [-0.2, 0) is 9.59 Å². The molecule has 0 saturated heterocycles. The lowest BCUT2D eigenvalue weighted by atomic mass is 10.1. The Morgan fingerprint density at radius 2 is 1.89 bits per heavy atom. The molecule has 0 fully saturated rings. The molecule has 0 aliphatic heterocycles. The van der Waals surface area contributed by atoms with Crippen molar-refractivity contribution in [3.05, 3.63) is 0 Å². The molecular weight excluding hydrogens is 237 g/mol. The van der Waals surface area contributed by atoms with Gasteiger partial charge in [-0.25, -0.2) is 4.39 Å². The molecule has 0 aliphatic rings. The van der Waals surface area contributed by atoms with Crippen molar-refractivity contribution < 1.29 is 19.1 Å². The normalized spacial score (nSPS) is 12.2. The van der Waals surface area contributed by atoms with Gasteiger partial charge >= 0.3 is 5.97 Å². The van der Waals surface area contributed by atoms with Crippen LogP contribution in [-0.4, -0.2) is 41.6 Å². The summed E-state index contributed by atoms with van der Waals surface area (Å²) >= 11 is 0. The van der Waals surface area contributed by atoms with E-state index < -0.39 is 12.1 Å². The number of rotatable bonds is 10. The number of alkyl halides is 1. The zero-order valence-electron chi connectivity index (χ0n) is 11.3. The van der Waals surface area contributed by atoms with Gasteiger partial charge in [-0.2, -0.15) is 0 Å². The van der Waals surface area contributed by atoms with Crippen molar-refractivity contribution in [2.75, 3.05) is 13.6 Å². The lowest BCUT2D eigenvalue weighted by molar-refractivity contribution is -0.143. The first-order valence-corrected chi connectivity index (χ1v) is 6.57. The predicted molar refractivity (Wildman–Crippen MR) is 68.2 cm³/mol. The Bertz CT molecular complexity index is 259. The topological polar surface area (TPSA) is 57.6 Å². The summed E-state index contributed by atoms with van der Waals surface area (Å²) in [6, 6.07) is 0. The average Bonchev–Trinajstić information content (AvgIpc) is 2.27. The molecule has 0 aromatic rings. The summed E-state index contributed by atoms with van der Waals surface area (Å²) < 4.78 is 13.1. The number of nitrogens with zero attached hydrogens (tertiary/aromatic N) is 1. The number of carbonyl (C=O) groups is 2. The number of hydrogen-bond donors (Lipinski definition) is 1. The van der Waals surface area contributed by atoms with Crippen molar-refractivity contribution in [3.63, 3.8) is 0 Å².